The first kappa shape index (κ1) is 16.9. The van der Waals surface area contributed by atoms with Gasteiger partial charge in [-0.15, -0.1) is 0 Å². The largest absolute Gasteiger partial charge is 0.391 e. The molecular formula is C20H28N4. The molecule has 0 aromatic carbocycles. The Labute approximate surface area is 145 Å². The summed E-state index contributed by atoms with van der Waals surface area (Å²) < 4.78 is 0. The molecule has 2 aliphatic carbocycles. The molecule has 0 bridgehead atoms. The minimum Gasteiger partial charge on any atom is -0.391 e. The normalized spacial score (nSPS) is 18.8. The Hall–Kier alpha value is -1.97. The molecule has 0 unspecified atom stereocenters. The highest BCUT2D eigenvalue weighted by molar-refractivity contribution is 6.08. The fourth-order valence-electron chi connectivity index (χ4n) is 3.37. The van der Waals surface area contributed by atoms with Crippen LogP contribution in [0.4, 0.5) is 0 Å². The molecule has 0 saturated heterocycles. The first-order chi connectivity index (χ1) is 11.8. The van der Waals surface area contributed by atoms with Gasteiger partial charge in [-0.25, -0.2) is 9.97 Å². The van der Waals surface area contributed by atoms with Crippen LogP contribution in [0, 0.1) is 11.3 Å². The fourth-order valence-corrected chi connectivity index (χ4v) is 3.37. The lowest BCUT2D eigenvalue weighted by molar-refractivity contribution is 0.596. The minimum absolute atomic E-state index is 0.778. The molecule has 24 heavy (non-hydrogen) atoms. The van der Waals surface area contributed by atoms with Crippen LogP contribution in [-0.4, -0.2) is 23.2 Å². The zero-order chi connectivity index (χ0) is 16.8. The molecule has 4 heteroatoms. The molecule has 1 aromatic heterocycles. The molecule has 0 aliphatic heterocycles. The highest BCUT2D eigenvalue weighted by Gasteiger charge is 2.24. The van der Waals surface area contributed by atoms with Crippen molar-refractivity contribution in [1.82, 2.24) is 15.3 Å². The highest BCUT2D eigenvalue weighted by atomic mass is 14.9. The van der Waals surface area contributed by atoms with Gasteiger partial charge in [-0.1, -0.05) is 18.1 Å². The van der Waals surface area contributed by atoms with Crippen LogP contribution in [0.5, 0.6) is 0 Å². The summed E-state index contributed by atoms with van der Waals surface area (Å²) in [5.74, 6) is 1.63. The lowest BCUT2D eigenvalue weighted by atomic mass is 9.94. The summed E-state index contributed by atoms with van der Waals surface area (Å²) in [4.78, 5) is 9.15. The molecule has 2 aliphatic rings. The molecule has 3 rings (SSSR count). The Kier molecular flexibility index (Phi) is 5.78. The predicted octanol–water partition coefficient (Wildman–Crippen LogP) is 4.29. The highest BCUT2D eigenvalue weighted by Crippen LogP contribution is 2.36. The molecule has 1 heterocycles. The number of nitrogens with one attached hydrogen (secondary N) is 2. The van der Waals surface area contributed by atoms with Crippen molar-refractivity contribution in [1.29, 1.82) is 5.41 Å². The van der Waals surface area contributed by atoms with Crippen molar-refractivity contribution in [2.75, 3.05) is 7.05 Å². The molecule has 2 N–H and O–H groups in total. The Balaban J connectivity index is 1.77. The van der Waals surface area contributed by atoms with Gasteiger partial charge >= 0.3 is 0 Å². The molecule has 1 aromatic rings. The monoisotopic (exact) mass is 324 g/mol. The first-order valence-corrected chi connectivity index (χ1v) is 9.21. The van der Waals surface area contributed by atoms with E-state index in [0.717, 1.165) is 41.5 Å². The Morgan fingerprint density at radius 1 is 1.29 bits per heavy atom. The van der Waals surface area contributed by atoms with Crippen LogP contribution in [-0.2, 0) is 6.42 Å². The fraction of sp³-hybridized carbons (Fsp3) is 0.550. The summed E-state index contributed by atoms with van der Waals surface area (Å²) in [6.07, 6.45) is 16.5. The van der Waals surface area contributed by atoms with Gasteiger partial charge in [0.2, 0.25) is 0 Å². The van der Waals surface area contributed by atoms with Crippen LogP contribution >= 0.6 is 0 Å². The van der Waals surface area contributed by atoms with Crippen LogP contribution in [0.15, 0.2) is 29.6 Å². The van der Waals surface area contributed by atoms with E-state index in [2.05, 4.69) is 16.4 Å². The topological polar surface area (TPSA) is 61.7 Å². The van der Waals surface area contributed by atoms with Gasteiger partial charge in [0.05, 0.1) is 5.69 Å². The van der Waals surface area contributed by atoms with Crippen LogP contribution < -0.4 is 5.32 Å². The summed E-state index contributed by atoms with van der Waals surface area (Å²) in [6.45, 7) is 0. The summed E-state index contributed by atoms with van der Waals surface area (Å²) in [7, 11) is 1.94. The minimum atomic E-state index is 0.778. The van der Waals surface area contributed by atoms with E-state index in [1.54, 1.807) is 5.57 Å². The predicted molar refractivity (Wildman–Crippen MR) is 99.0 cm³/mol. The molecule has 0 radical (unpaired) electrons. The van der Waals surface area contributed by atoms with Crippen LogP contribution in [0.1, 0.15) is 62.9 Å². The van der Waals surface area contributed by atoms with Crippen LogP contribution in [0.25, 0.3) is 5.57 Å². The molecule has 4 nitrogen and oxygen atoms in total. The van der Waals surface area contributed by atoms with Gasteiger partial charge in [-0.2, -0.15) is 0 Å². The Morgan fingerprint density at radius 2 is 2.08 bits per heavy atom. The molecular weight excluding hydrogens is 296 g/mol. The third-order valence-electron chi connectivity index (χ3n) is 5.01. The number of aromatic nitrogens is 2. The lowest BCUT2D eigenvalue weighted by Gasteiger charge is -2.13. The van der Waals surface area contributed by atoms with Crippen molar-refractivity contribution in [2.45, 2.75) is 57.8 Å². The van der Waals surface area contributed by atoms with Gasteiger partial charge in [0.1, 0.15) is 5.82 Å². The van der Waals surface area contributed by atoms with E-state index in [0.29, 0.717) is 0 Å². The second kappa shape index (κ2) is 8.22. The van der Waals surface area contributed by atoms with Crippen molar-refractivity contribution < 1.29 is 0 Å². The van der Waals surface area contributed by atoms with Crippen molar-refractivity contribution in [3.05, 3.63) is 41.1 Å². The average molecular weight is 324 g/mol. The molecule has 2 fully saturated rings. The maximum Gasteiger partial charge on any atom is 0.132 e. The zero-order valence-electron chi connectivity index (χ0n) is 14.6. The summed E-state index contributed by atoms with van der Waals surface area (Å²) >= 11 is 0. The van der Waals surface area contributed by atoms with Crippen molar-refractivity contribution >= 4 is 11.8 Å². The number of rotatable bonds is 7. The van der Waals surface area contributed by atoms with E-state index in [4.69, 9.17) is 10.4 Å². The quantitative estimate of drug-likeness (QED) is 0.581. The van der Waals surface area contributed by atoms with E-state index in [9.17, 15) is 0 Å². The maximum atomic E-state index is 7.83. The summed E-state index contributed by atoms with van der Waals surface area (Å²) in [5, 5.41) is 11.1. The van der Waals surface area contributed by atoms with Crippen molar-refractivity contribution in [3.8, 4) is 0 Å². The lowest BCUT2D eigenvalue weighted by Crippen LogP contribution is -2.11. The van der Waals surface area contributed by atoms with Gasteiger partial charge in [0, 0.05) is 37.2 Å². The molecule has 0 amide bonds. The zero-order valence-corrected chi connectivity index (χ0v) is 14.6. The van der Waals surface area contributed by atoms with E-state index in [1.165, 1.54) is 51.2 Å². The van der Waals surface area contributed by atoms with Gasteiger partial charge < -0.3 is 10.7 Å². The third-order valence-corrected chi connectivity index (χ3v) is 5.01. The number of nitrogens with zero attached hydrogens (tertiary/aromatic N) is 2. The Morgan fingerprint density at radius 3 is 2.75 bits per heavy atom. The second-order valence-corrected chi connectivity index (χ2v) is 6.92. The average Bonchev–Trinajstić information content (AvgIpc) is 3.45. The number of hydrogen-bond donors (Lipinski definition) is 2. The molecule has 0 spiro atoms. The van der Waals surface area contributed by atoms with E-state index in [-0.39, 0.29) is 0 Å². The van der Waals surface area contributed by atoms with Gasteiger partial charge in [-0.3, -0.25) is 0 Å². The van der Waals surface area contributed by atoms with E-state index in [1.807, 2.05) is 19.3 Å². The van der Waals surface area contributed by atoms with Gasteiger partial charge in [0.25, 0.3) is 0 Å². The van der Waals surface area contributed by atoms with E-state index < -0.39 is 0 Å². The van der Waals surface area contributed by atoms with Crippen LogP contribution in [0.3, 0.4) is 0 Å². The van der Waals surface area contributed by atoms with Gasteiger partial charge in [-0.05, 0) is 56.9 Å². The smallest absolute Gasteiger partial charge is 0.132 e. The number of allylic oxidation sites excluding steroid dienone is 4. The SMILES string of the molecule is CN/C(CC1CC1)=C(\C=N)c1ccnc(CC=C2CCCCC2)n1. The molecule has 2 saturated carbocycles. The van der Waals surface area contributed by atoms with Crippen molar-refractivity contribution in [3.63, 3.8) is 0 Å². The standard InChI is InChI=1S/C20H28N4/c1-22-19(13-16-7-8-16)17(14-21)18-11-12-23-20(24-18)10-9-15-5-3-2-4-6-15/h9,11-12,14,16,21-22H,2-8,10,13H2,1H3/b19-17+,21-14?. The second-order valence-electron chi connectivity index (χ2n) is 6.92. The Bertz CT molecular complexity index is 633. The van der Waals surface area contributed by atoms with Crippen LogP contribution in [0.2, 0.25) is 0 Å². The summed E-state index contributed by atoms with van der Waals surface area (Å²) in [5.41, 5.74) is 4.45. The summed E-state index contributed by atoms with van der Waals surface area (Å²) in [6, 6.07) is 1.92. The van der Waals surface area contributed by atoms with Crippen molar-refractivity contribution in [2.24, 2.45) is 5.92 Å². The van der Waals surface area contributed by atoms with E-state index >= 15 is 0 Å². The maximum absolute atomic E-state index is 7.83. The van der Waals surface area contributed by atoms with Gasteiger partial charge in [0.15, 0.2) is 0 Å². The number of hydrogen-bond acceptors (Lipinski definition) is 4. The first-order valence-electron chi connectivity index (χ1n) is 9.21. The molecule has 0 atom stereocenters. The third kappa shape index (κ3) is 4.53. The molecule has 128 valence electrons.